The van der Waals surface area contributed by atoms with E-state index in [-0.39, 0.29) is 6.10 Å². The van der Waals surface area contributed by atoms with Crippen LogP contribution < -0.4 is 0 Å². The van der Waals surface area contributed by atoms with Gasteiger partial charge in [-0.1, -0.05) is 41.9 Å². The molecule has 0 saturated carbocycles. The SMILES string of the molecule is Clc1ccc(C2CN(Cc3cc4ccccc4[nH]3)CCO2)cc1. The number of aromatic amines is 1. The minimum Gasteiger partial charge on any atom is -0.371 e. The largest absolute Gasteiger partial charge is 0.371 e. The summed E-state index contributed by atoms with van der Waals surface area (Å²) >= 11 is 5.97. The molecule has 23 heavy (non-hydrogen) atoms. The average molecular weight is 327 g/mol. The molecule has 1 N–H and O–H groups in total. The molecule has 1 fully saturated rings. The van der Waals surface area contributed by atoms with Gasteiger partial charge in [0.2, 0.25) is 0 Å². The average Bonchev–Trinajstić information content (AvgIpc) is 2.98. The third-order valence-electron chi connectivity index (χ3n) is 4.37. The maximum Gasteiger partial charge on any atom is 0.0952 e. The number of morpholine rings is 1. The van der Waals surface area contributed by atoms with Crippen molar-refractivity contribution in [1.29, 1.82) is 0 Å². The molecular weight excluding hydrogens is 308 g/mol. The van der Waals surface area contributed by atoms with Crippen LogP contribution in [-0.4, -0.2) is 29.6 Å². The second-order valence-electron chi connectivity index (χ2n) is 6.03. The molecule has 2 aromatic carbocycles. The number of nitrogens with zero attached hydrogens (tertiary/aromatic N) is 1. The third kappa shape index (κ3) is 3.27. The van der Waals surface area contributed by atoms with Crippen LogP contribution in [0.1, 0.15) is 17.4 Å². The van der Waals surface area contributed by atoms with Crippen LogP contribution in [0.3, 0.4) is 0 Å². The second kappa shape index (κ2) is 6.36. The predicted molar refractivity (Wildman–Crippen MR) is 93.7 cm³/mol. The monoisotopic (exact) mass is 326 g/mol. The van der Waals surface area contributed by atoms with E-state index in [4.69, 9.17) is 16.3 Å². The minimum absolute atomic E-state index is 0.116. The number of halogens is 1. The van der Waals surface area contributed by atoms with Gasteiger partial charge in [0.1, 0.15) is 0 Å². The van der Waals surface area contributed by atoms with Crippen molar-refractivity contribution in [3.63, 3.8) is 0 Å². The lowest BCUT2D eigenvalue weighted by Crippen LogP contribution is -2.37. The van der Waals surface area contributed by atoms with Crippen LogP contribution >= 0.6 is 11.6 Å². The lowest BCUT2D eigenvalue weighted by Gasteiger charge is -2.32. The summed E-state index contributed by atoms with van der Waals surface area (Å²) in [5, 5.41) is 2.03. The normalized spacial score (nSPS) is 19.3. The van der Waals surface area contributed by atoms with Crippen molar-refractivity contribution < 1.29 is 4.74 Å². The van der Waals surface area contributed by atoms with E-state index >= 15 is 0 Å². The van der Waals surface area contributed by atoms with Crippen LogP contribution in [0.25, 0.3) is 10.9 Å². The van der Waals surface area contributed by atoms with Crippen LogP contribution in [0.5, 0.6) is 0 Å². The Morgan fingerprint density at radius 2 is 1.96 bits per heavy atom. The highest BCUT2D eigenvalue weighted by atomic mass is 35.5. The van der Waals surface area contributed by atoms with Crippen molar-refractivity contribution in [2.75, 3.05) is 19.7 Å². The van der Waals surface area contributed by atoms with Gasteiger partial charge in [-0.15, -0.1) is 0 Å². The molecule has 1 saturated heterocycles. The third-order valence-corrected chi connectivity index (χ3v) is 4.62. The molecule has 1 aliphatic rings. The molecule has 0 radical (unpaired) electrons. The van der Waals surface area contributed by atoms with E-state index in [1.165, 1.54) is 22.2 Å². The summed E-state index contributed by atoms with van der Waals surface area (Å²) in [6.45, 7) is 3.53. The number of nitrogens with one attached hydrogen (secondary N) is 1. The topological polar surface area (TPSA) is 28.3 Å². The minimum atomic E-state index is 0.116. The van der Waals surface area contributed by atoms with Gasteiger partial charge >= 0.3 is 0 Å². The number of aromatic nitrogens is 1. The van der Waals surface area contributed by atoms with E-state index < -0.39 is 0 Å². The molecule has 1 atom stereocenters. The lowest BCUT2D eigenvalue weighted by atomic mass is 10.1. The molecule has 1 aromatic heterocycles. The smallest absolute Gasteiger partial charge is 0.0952 e. The molecule has 2 heterocycles. The number of benzene rings is 2. The lowest BCUT2D eigenvalue weighted by molar-refractivity contribution is -0.0332. The highest BCUT2D eigenvalue weighted by molar-refractivity contribution is 6.30. The van der Waals surface area contributed by atoms with E-state index in [1.807, 2.05) is 12.1 Å². The number of hydrogen-bond donors (Lipinski definition) is 1. The van der Waals surface area contributed by atoms with E-state index in [9.17, 15) is 0 Å². The Balaban J connectivity index is 1.47. The molecule has 4 rings (SSSR count). The summed E-state index contributed by atoms with van der Waals surface area (Å²) in [7, 11) is 0. The summed E-state index contributed by atoms with van der Waals surface area (Å²) in [4.78, 5) is 5.94. The van der Waals surface area contributed by atoms with Crippen molar-refractivity contribution in [1.82, 2.24) is 9.88 Å². The predicted octanol–water partition coefficient (Wildman–Crippen LogP) is 4.39. The van der Waals surface area contributed by atoms with Gasteiger partial charge in [0.05, 0.1) is 12.7 Å². The van der Waals surface area contributed by atoms with Gasteiger partial charge in [-0.2, -0.15) is 0 Å². The molecule has 1 unspecified atom stereocenters. The summed E-state index contributed by atoms with van der Waals surface area (Å²) in [6, 6.07) is 18.6. The molecule has 0 amide bonds. The van der Waals surface area contributed by atoms with Gasteiger partial charge in [-0.25, -0.2) is 0 Å². The van der Waals surface area contributed by atoms with Crippen molar-refractivity contribution in [2.45, 2.75) is 12.6 Å². The first kappa shape index (κ1) is 14.8. The van der Waals surface area contributed by atoms with Gasteiger partial charge < -0.3 is 9.72 Å². The van der Waals surface area contributed by atoms with Crippen molar-refractivity contribution >= 4 is 22.5 Å². The number of rotatable bonds is 3. The van der Waals surface area contributed by atoms with E-state index in [0.717, 1.165) is 31.3 Å². The van der Waals surface area contributed by atoms with E-state index in [1.54, 1.807) is 0 Å². The Hall–Kier alpha value is -1.81. The first-order chi connectivity index (χ1) is 11.3. The van der Waals surface area contributed by atoms with Gasteiger partial charge in [0, 0.05) is 35.9 Å². The van der Waals surface area contributed by atoms with Crippen LogP contribution in [-0.2, 0) is 11.3 Å². The molecule has 3 nitrogen and oxygen atoms in total. The Kier molecular flexibility index (Phi) is 4.08. The molecule has 3 aromatic rings. The van der Waals surface area contributed by atoms with Gasteiger partial charge in [-0.05, 0) is 35.2 Å². The zero-order valence-electron chi connectivity index (χ0n) is 12.8. The molecule has 0 bridgehead atoms. The fourth-order valence-electron chi connectivity index (χ4n) is 3.18. The number of ether oxygens (including phenoxy) is 1. The summed E-state index contributed by atoms with van der Waals surface area (Å²) in [6.07, 6.45) is 0.116. The Labute approximate surface area is 140 Å². The highest BCUT2D eigenvalue weighted by Crippen LogP contribution is 2.25. The maximum absolute atomic E-state index is 5.97. The standard InChI is InChI=1S/C19H19ClN2O/c20-16-7-5-14(6-8-16)19-13-22(9-10-23-19)12-17-11-15-3-1-2-4-18(15)21-17/h1-8,11,19,21H,9-10,12-13H2. The number of hydrogen-bond acceptors (Lipinski definition) is 2. The zero-order valence-corrected chi connectivity index (χ0v) is 13.6. The van der Waals surface area contributed by atoms with Crippen LogP contribution in [0.2, 0.25) is 5.02 Å². The molecule has 4 heteroatoms. The zero-order chi connectivity index (χ0) is 15.6. The van der Waals surface area contributed by atoms with E-state index in [2.05, 4.69) is 52.3 Å². The molecule has 118 valence electrons. The van der Waals surface area contributed by atoms with Crippen molar-refractivity contribution in [2.24, 2.45) is 0 Å². The van der Waals surface area contributed by atoms with Crippen LogP contribution in [0.15, 0.2) is 54.6 Å². The summed E-state index contributed by atoms with van der Waals surface area (Å²) in [5.41, 5.74) is 3.64. The number of para-hydroxylation sites is 1. The van der Waals surface area contributed by atoms with Crippen LogP contribution in [0.4, 0.5) is 0 Å². The number of fused-ring (bicyclic) bond motifs is 1. The second-order valence-corrected chi connectivity index (χ2v) is 6.46. The first-order valence-electron chi connectivity index (χ1n) is 7.94. The fourth-order valence-corrected chi connectivity index (χ4v) is 3.31. The molecule has 1 aliphatic heterocycles. The first-order valence-corrected chi connectivity index (χ1v) is 8.32. The van der Waals surface area contributed by atoms with Gasteiger partial charge in [0.15, 0.2) is 0 Å². The molecule has 0 spiro atoms. The number of H-pyrrole nitrogens is 1. The Bertz CT molecular complexity index is 763. The maximum atomic E-state index is 5.97. The van der Waals surface area contributed by atoms with Crippen LogP contribution in [0, 0.1) is 0 Å². The summed E-state index contributed by atoms with van der Waals surface area (Å²) in [5.74, 6) is 0. The summed E-state index contributed by atoms with van der Waals surface area (Å²) < 4.78 is 5.94. The fraction of sp³-hybridized carbons (Fsp3) is 0.263. The Morgan fingerprint density at radius 1 is 1.13 bits per heavy atom. The van der Waals surface area contributed by atoms with E-state index in [0.29, 0.717) is 0 Å². The van der Waals surface area contributed by atoms with Crippen molar-refractivity contribution in [3.05, 3.63) is 70.9 Å². The molecule has 0 aliphatic carbocycles. The quantitative estimate of drug-likeness (QED) is 0.773. The Morgan fingerprint density at radius 3 is 2.78 bits per heavy atom. The van der Waals surface area contributed by atoms with Crippen molar-refractivity contribution in [3.8, 4) is 0 Å². The highest BCUT2D eigenvalue weighted by Gasteiger charge is 2.22. The van der Waals surface area contributed by atoms with Gasteiger partial charge in [0.25, 0.3) is 0 Å². The molecular formula is C19H19ClN2O. The van der Waals surface area contributed by atoms with Gasteiger partial charge in [-0.3, -0.25) is 4.90 Å².